The Hall–Kier alpha value is -0.890. The average molecular weight is 166 g/mol. The van der Waals surface area contributed by atoms with Crippen LogP contribution < -0.4 is 0 Å². The van der Waals surface area contributed by atoms with Crippen LogP contribution in [0.3, 0.4) is 0 Å². The van der Waals surface area contributed by atoms with E-state index in [1.807, 2.05) is 30.3 Å². The van der Waals surface area contributed by atoms with Gasteiger partial charge in [0.2, 0.25) is 0 Å². The quantitative estimate of drug-likeness (QED) is 0.711. The second-order valence-corrected chi connectivity index (χ2v) is 3.36. The minimum Gasteiger partial charge on any atom is -0.393 e. The molecule has 1 aromatic rings. The van der Waals surface area contributed by atoms with E-state index in [9.17, 15) is 4.39 Å². The van der Waals surface area contributed by atoms with E-state index in [0.717, 1.165) is 5.56 Å². The molecule has 1 fully saturated rings. The molecular formula is C10H11FO. The van der Waals surface area contributed by atoms with Crippen LogP contribution in [-0.4, -0.2) is 17.4 Å². The fraction of sp³-hybridized carbons (Fsp3) is 0.400. The molecule has 12 heavy (non-hydrogen) atoms. The van der Waals surface area contributed by atoms with Crippen molar-refractivity contribution in [2.24, 2.45) is 0 Å². The Morgan fingerprint density at radius 1 is 1.42 bits per heavy atom. The molecule has 1 nitrogen and oxygen atoms in total. The van der Waals surface area contributed by atoms with Gasteiger partial charge in [-0.3, -0.25) is 0 Å². The fourth-order valence-electron chi connectivity index (χ4n) is 1.56. The van der Waals surface area contributed by atoms with Crippen molar-refractivity contribution in [3.05, 3.63) is 35.9 Å². The van der Waals surface area contributed by atoms with Crippen LogP contribution in [0.2, 0.25) is 0 Å². The van der Waals surface area contributed by atoms with E-state index in [1.54, 1.807) is 0 Å². The maximum Gasteiger partial charge on any atom is 0.141 e. The SMILES string of the molecule is OCC1(F)CC1c1ccccc1. The molecule has 0 bridgehead atoms. The predicted octanol–water partition coefficient (Wildman–Crippen LogP) is 1.87. The summed E-state index contributed by atoms with van der Waals surface area (Å²) in [6.45, 7) is -0.355. The van der Waals surface area contributed by atoms with Crippen molar-refractivity contribution in [3.63, 3.8) is 0 Å². The van der Waals surface area contributed by atoms with Gasteiger partial charge in [-0.05, 0) is 12.0 Å². The third-order valence-electron chi connectivity index (χ3n) is 2.47. The minimum atomic E-state index is -1.33. The molecule has 64 valence electrons. The number of hydrogen-bond donors (Lipinski definition) is 1. The van der Waals surface area contributed by atoms with Crippen LogP contribution in [0.1, 0.15) is 17.9 Å². The summed E-state index contributed by atoms with van der Waals surface area (Å²) in [5.41, 5.74) is -0.337. The molecular weight excluding hydrogens is 155 g/mol. The predicted molar refractivity (Wildman–Crippen MR) is 44.7 cm³/mol. The first-order chi connectivity index (χ1) is 5.76. The van der Waals surface area contributed by atoms with Gasteiger partial charge in [-0.15, -0.1) is 0 Å². The smallest absolute Gasteiger partial charge is 0.141 e. The molecule has 0 aromatic heterocycles. The van der Waals surface area contributed by atoms with Crippen molar-refractivity contribution < 1.29 is 9.50 Å². The van der Waals surface area contributed by atoms with E-state index in [2.05, 4.69) is 0 Å². The normalized spacial score (nSPS) is 33.3. The van der Waals surface area contributed by atoms with Gasteiger partial charge in [0.15, 0.2) is 0 Å². The Kier molecular flexibility index (Phi) is 1.65. The number of aliphatic hydroxyl groups is 1. The van der Waals surface area contributed by atoms with Gasteiger partial charge in [0.05, 0.1) is 6.61 Å². The molecule has 2 unspecified atom stereocenters. The third-order valence-corrected chi connectivity index (χ3v) is 2.47. The Bertz CT molecular complexity index is 272. The maximum atomic E-state index is 13.3. The van der Waals surface area contributed by atoms with Crippen molar-refractivity contribution in [2.45, 2.75) is 18.0 Å². The van der Waals surface area contributed by atoms with Gasteiger partial charge < -0.3 is 5.11 Å². The minimum absolute atomic E-state index is 0.0799. The highest BCUT2D eigenvalue weighted by Gasteiger charge is 2.55. The summed E-state index contributed by atoms with van der Waals surface area (Å²) in [4.78, 5) is 0. The zero-order valence-corrected chi connectivity index (χ0v) is 6.70. The van der Waals surface area contributed by atoms with E-state index in [0.29, 0.717) is 6.42 Å². The standard InChI is InChI=1S/C10H11FO/c11-10(7-12)6-9(10)8-4-2-1-3-5-8/h1-5,9,12H,6-7H2. The van der Waals surface area contributed by atoms with Gasteiger partial charge in [0.25, 0.3) is 0 Å². The zero-order chi connectivity index (χ0) is 8.60. The first-order valence-corrected chi connectivity index (χ1v) is 4.11. The maximum absolute atomic E-state index is 13.3. The van der Waals surface area contributed by atoms with E-state index >= 15 is 0 Å². The van der Waals surface area contributed by atoms with Crippen molar-refractivity contribution in [2.75, 3.05) is 6.61 Å². The molecule has 2 rings (SSSR count). The van der Waals surface area contributed by atoms with Crippen molar-refractivity contribution in [1.82, 2.24) is 0 Å². The second-order valence-electron chi connectivity index (χ2n) is 3.36. The van der Waals surface area contributed by atoms with Crippen LogP contribution in [0.5, 0.6) is 0 Å². The topological polar surface area (TPSA) is 20.2 Å². The lowest BCUT2D eigenvalue weighted by Crippen LogP contribution is -2.08. The Labute approximate surface area is 70.8 Å². The molecule has 0 spiro atoms. The lowest BCUT2D eigenvalue weighted by molar-refractivity contribution is 0.155. The second kappa shape index (κ2) is 2.56. The molecule has 0 heterocycles. The molecule has 1 aliphatic rings. The first-order valence-electron chi connectivity index (χ1n) is 4.11. The molecule has 1 N–H and O–H groups in total. The molecule has 1 aliphatic carbocycles. The van der Waals surface area contributed by atoms with Gasteiger partial charge in [0, 0.05) is 5.92 Å². The van der Waals surface area contributed by atoms with Crippen LogP contribution >= 0.6 is 0 Å². The van der Waals surface area contributed by atoms with Crippen LogP contribution in [0.25, 0.3) is 0 Å². The summed E-state index contributed by atoms with van der Waals surface area (Å²) < 4.78 is 13.3. The summed E-state index contributed by atoms with van der Waals surface area (Å²) in [6.07, 6.45) is 0.466. The number of benzene rings is 1. The summed E-state index contributed by atoms with van der Waals surface area (Å²) in [7, 11) is 0. The van der Waals surface area contributed by atoms with E-state index in [-0.39, 0.29) is 12.5 Å². The molecule has 2 atom stereocenters. The van der Waals surface area contributed by atoms with E-state index in [1.165, 1.54) is 0 Å². The zero-order valence-electron chi connectivity index (χ0n) is 6.70. The third kappa shape index (κ3) is 1.12. The largest absolute Gasteiger partial charge is 0.393 e. The molecule has 0 saturated heterocycles. The summed E-state index contributed by atoms with van der Waals surface area (Å²) in [5.74, 6) is -0.0799. The molecule has 0 radical (unpaired) electrons. The van der Waals surface area contributed by atoms with Gasteiger partial charge in [0.1, 0.15) is 5.67 Å². The average Bonchev–Trinajstić information content (AvgIpc) is 2.81. The summed E-state index contributed by atoms with van der Waals surface area (Å²) in [5, 5.41) is 8.72. The fourth-order valence-corrected chi connectivity index (χ4v) is 1.56. The lowest BCUT2D eigenvalue weighted by atomic mass is 10.1. The van der Waals surface area contributed by atoms with Crippen LogP contribution in [0, 0.1) is 0 Å². The highest BCUT2D eigenvalue weighted by Crippen LogP contribution is 2.54. The van der Waals surface area contributed by atoms with Crippen molar-refractivity contribution in [3.8, 4) is 0 Å². The monoisotopic (exact) mass is 166 g/mol. The van der Waals surface area contributed by atoms with Crippen molar-refractivity contribution in [1.29, 1.82) is 0 Å². The number of rotatable bonds is 2. The highest BCUT2D eigenvalue weighted by atomic mass is 19.1. The van der Waals surface area contributed by atoms with Crippen LogP contribution in [0.15, 0.2) is 30.3 Å². The number of aliphatic hydroxyl groups excluding tert-OH is 1. The van der Waals surface area contributed by atoms with Crippen LogP contribution in [-0.2, 0) is 0 Å². The molecule has 1 saturated carbocycles. The van der Waals surface area contributed by atoms with Gasteiger partial charge in [-0.1, -0.05) is 30.3 Å². The van der Waals surface area contributed by atoms with E-state index < -0.39 is 5.67 Å². The molecule has 0 amide bonds. The first kappa shape index (κ1) is 7.74. The molecule has 0 aliphatic heterocycles. The summed E-state index contributed by atoms with van der Waals surface area (Å²) in [6, 6.07) is 9.50. The molecule has 2 heteroatoms. The Morgan fingerprint density at radius 3 is 2.58 bits per heavy atom. The Balaban J connectivity index is 2.16. The van der Waals surface area contributed by atoms with Gasteiger partial charge in [-0.25, -0.2) is 4.39 Å². The lowest BCUT2D eigenvalue weighted by Gasteiger charge is -2.02. The van der Waals surface area contributed by atoms with Gasteiger partial charge in [-0.2, -0.15) is 0 Å². The summed E-state index contributed by atoms with van der Waals surface area (Å²) >= 11 is 0. The van der Waals surface area contributed by atoms with E-state index in [4.69, 9.17) is 5.11 Å². The van der Waals surface area contributed by atoms with Crippen molar-refractivity contribution >= 4 is 0 Å². The van der Waals surface area contributed by atoms with Gasteiger partial charge >= 0.3 is 0 Å². The Morgan fingerprint density at radius 2 is 2.08 bits per heavy atom. The number of alkyl halides is 1. The molecule has 1 aromatic carbocycles. The van der Waals surface area contributed by atoms with Crippen LogP contribution in [0.4, 0.5) is 4.39 Å². The number of halogens is 1. The highest BCUT2D eigenvalue weighted by molar-refractivity contribution is 5.31. The number of hydrogen-bond acceptors (Lipinski definition) is 1.